The fraction of sp³-hybridized carbons (Fsp3) is 0.192. The molecule has 3 rings (SSSR count). The smallest absolute Gasteiger partial charge is 0.333 e. The number of halogens is 2. The number of hydrogen-bond donors (Lipinski definition) is 1. The zero-order chi connectivity index (χ0) is 22.9. The van der Waals surface area contributed by atoms with E-state index in [0.29, 0.717) is 35.4 Å². The molecule has 0 radical (unpaired) electrons. The molecule has 166 valence electrons. The maximum absolute atomic E-state index is 11.2. The summed E-state index contributed by atoms with van der Waals surface area (Å²) in [5, 5.41) is 10.3. The Morgan fingerprint density at radius 3 is 2.41 bits per heavy atom. The number of rotatable bonds is 10. The van der Waals surface area contributed by atoms with Crippen LogP contribution in [0, 0.1) is 0 Å². The summed E-state index contributed by atoms with van der Waals surface area (Å²) in [7, 11) is 0. The van der Waals surface area contributed by atoms with Crippen molar-refractivity contribution in [2.24, 2.45) is 0 Å². The predicted octanol–water partition coefficient (Wildman–Crippen LogP) is 6.78. The summed E-state index contributed by atoms with van der Waals surface area (Å²) in [5.74, 6) is -0.242. The number of benzene rings is 3. The minimum Gasteiger partial charge on any atom is -0.490 e. The van der Waals surface area contributed by atoms with Crippen molar-refractivity contribution in [2.75, 3.05) is 13.2 Å². The minimum atomic E-state index is -0.957. The summed E-state index contributed by atoms with van der Waals surface area (Å²) >= 11 is 12.4. The summed E-state index contributed by atoms with van der Waals surface area (Å²) in [6.45, 7) is 2.56. The van der Waals surface area contributed by atoms with E-state index in [1.807, 2.05) is 72.8 Å². The van der Waals surface area contributed by atoms with Crippen molar-refractivity contribution in [3.05, 3.63) is 94.0 Å². The van der Waals surface area contributed by atoms with Crippen LogP contribution in [0.25, 0.3) is 17.2 Å². The first kappa shape index (κ1) is 23.9. The van der Waals surface area contributed by atoms with Crippen molar-refractivity contribution in [3.8, 4) is 16.9 Å². The van der Waals surface area contributed by atoms with Gasteiger partial charge >= 0.3 is 5.97 Å². The fourth-order valence-electron chi connectivity index (χ4n) is 3.18. The quantitative estimate of drug-likeness (QED) is 0.354. The van der Waals surface area contributed by atoms with Crippen molar-refractivity contribution in [2.45, 2.75) is 19.4 Å². The lowest BCUT2D eigenvalue weighted by molar-refractivity contribution is -0.149. The summed E-state index contributed by atoms with van der Waals surface area (Å²) in [4.78, 5) is 11.2. The summed E-state index contributed by atoms with van der Waals surface area (Å²) in [6.07, 6.45) is 3.40. The Bertz CT molecular complexity index is 1060. The molecule has 4 nitrogen and oxygen atoms in total. The van der Waals surface area contributed by atoms with Crippen LogP contribution in [0.1, 0.15) is 18.1 Å². The van der Waals surface area contributed by atoms with E-state index in [1.165, 1.54) is 0 Å². The molecule has 0 unspecified atom stereocenters. The molecule has 0 saturated heterocycles. The highest BCUT2D eigenvalue weighted by atomic mass is 35.5. The Balaban J connectivity index is 1.52. The van der Waals surface area contributed by atoms with Gasteiger partial charge in [0.1, 0.15) is 12.4 Å². The first-order chi connectivity index (χ1) is 15.5. The van der Waals surface area contributed by atoms with E-state index in [4.69, 9.17) is 32.7 Å². The number of carbonyl (C=O) groups is 1. The lowest BCUT2D eigenvalue weighted by Gasteiger charge is -2.12. The first-order valence-corrected chi connectivity index (χ1v) is 11.0. The van der Waals surface area contributed by atoms with E-state index >= 15 is 0 Å². The van der Waals surface area contributed by atoms with Gasteiger partial charge in [0.2, 0.25) is 0 Å². The Hall–Kier alpha value is -2.79. The molecule has 3 aromatic carbocycles. The normalized spacial score (nSPS) is 12.1. The van der Waals surface area contributed by atoms with Crippen LogP contribution < -0.4 is 4.74 Å². The van der Waals surface area contributed by atoms with Gasteiger partial charge in [0.15, 0.2) is 6.10 Å². The Kier molecular flexibility index (Phi) is 8.74. The fourth-order valence-corrected chi connectivity index (χ4v) is 3.59. The van der Waals surface area contributed by atoms with Crippen molar-refractivity contribution in [1.82, 2.24) is 0 Å². The molecule has 0 bridgehead atoms. The third-order valence-electron chi connectivity index (χ3n) is 4.82. The first-order valence-electron chi connectivity index (χ1n) is 10.2. The molecule has 0 aliphatic rings. The number of ether oxygens (including phenoxy) is 2. The van der Waals surface area contributed by atoms with Crippen LogP contribution in [-0.2, 0) is 16.0 Å². The molecule has 32 heavy (non-hydrogen) atoms. The average molecular weight is 471 g/mol. The second-order valence-electron chi connectivity index (χ2n) is 7.07. The Labute approximate surface area is 198 Å². The van der Waals surface area contributed by atoms with Crippen molar-refractivity contribution in [3.63, 3.8) is 0 Å². The van der Waals surface area contributed by atoms with Crippen molar-refractivity contribution >= 4 is 35.2 Å². The predicted molar refractivity (Wildman–Crippen MR) is 130 cm³/mol. The molecule has 0 heterocycles. The van der Waals surface area contributed by atoms with Gasteiger partial charge in [-0.05, 0) is 47.9 Å². The van der Waals surface area contributed by atoms with Gasteiger partial charge in [-0.25, -0.2) is 4.79 Å². The van der Waals surface area contributed by atoms with Crippen LogP contribution in [0.5, 0.6) is 5.75 Å². The molecule has 6 heteroatoms. The molecular formula is C26H24Cl2O4. The van der Waals surface area contributed by atoms with Gasteiger partial charge in [-0.1, -0.05) is 77.8 Å². The molecular weight excluding hydrogens is 447 g/mol. The summed E-state index contributed by atoms with van der Waals surface area (Å²) < 4.78 is 11.0. The van der Waals surface area contributed by atoms with Gasteiger partial charge in [0, 0.05) is 18.6 Å². The van der Waals surface area contributed by atoms with Gasteiger partial charge in [-0.3, -0.25) is 0 Å². The van der Waals surface area contributed by atoms with E-state index in [-0.39, 0.29) is 0 Å². The van der Waals surface area contributed by atoms with E-state index in [2.05, 4.69) is 0 Å². The maximum atomic E-state index is 11.2. The summed E-state index contributed by atoms with van der Waals surface area (Å²) in [6, 6.07) is 21.0. The second-order valence-corrected chi connectivity index (χ2v) is 7.85. The maximum Gasteiger partial charge on any atom is 0.333 e. The number of hydrogen-bond acceptors (Lipinski definition) is 3. The van der Waals surface area contributed by atoms with Gasteiger partial charge in [0.05, 0.1) is 10.0 Å². The third kappa shape index (κ3) is 6.60. The topological polar surface area (TPSA) is 55.8 Å². The van der Waals surface area contributed by atoms with Crippen molar-refractivity contribution < 1.29 is 19.4 Å². The van der Waals surface area contributed by atoms with E-state index in [0.717, 1.165) is 22.3 Å². The van der Waals surface area contributed by atoms with Crippen LogP contribution >= 0.6 is 23.2 Å². The minimum absolute atomic E-state index is 0.319. The third-order valence-corrected chi connectivity index (χ3v) is 5.64. The van der Waals surface area contributed by atoms with Gasteiger partial charge in [-0.15, -0.1) is 0 Å². The Morgan fingerprint density at radius 1 is 1.03 bits per heavy atom. The second kappa shape index (κ2) is 11.7. The number of carboxylic acid groups (broad SMARTS) is 1. The molecule has 1 atom stereocenters. The van der Waals surface area contributed by atoms with Crippen LogP contribution in [0.4, 0.5) is 0 Å². The molecule has 0 amide bonds. The molecule has 0 saturated carbocycles. The van der Waals surface area contributed by atoms with Crippen LogP contribution in [0.15, 0.2) is 72.8 Å². The highest BCUT2D eigenvalue weighted by Gasteiger charge is 2.17. The van der Waals surface area contributed by atoms with Crippen molar-refractivity contribution in [1.29, 1.82) is 0 Å². The van der Waals surface area contributed by atoms with Gasteiger partial charge < -0.3 is 14.6 Å². The zero-order valence-corrected chi connectivity index (χ0v) is 19.1. The standard InChI is InChI=1S/C26H24Cl2O4/c1-2-31-24(26(29)30)17-19-10-14-21(15-11-19)32-16-4-5-18-8-12-20(13-9-18)22-6-3-7-23(27)25(22)28/h3-15,24H,2,16-17H2,1H3,(H,29,30)/t24-/m0/s1. The Morgan fingerprint density at radius 2 is 1.75 bits per heavy atom. The summed E-state index contributed by atoms with van der Waals surface area (Å²) in [5.41, 5.74) is 3.83. The lowest BCUT2D eigenvalue weighted by atomic mass is 10.0. The van der Waals surface area contributed by atoms with Gasteiger partial charge in [-0.2, -0.15) is 0 Å². The highest BCUT2D eigenvalue weighted by Crippen LogP contribution is 2.33. The molecule has 0 fully saturated rings. The molecule has 1 N–H and O–H groups in total. The number of carboxylic acids is 1. The van der Waals surface area contributed by atoms with Gasteiger partial charge in [0.25, 0.3) is 0 Å². The molecule has 0 aliphatic carbocycles. The van der Waals surface area contributed by atoms with Crippen LogP contribution in [0.2, 0.25) is 10.0 Å². The lowest BCUT2D eigenvalue weighted by Crippen LogP contribution is -2.26. The van der Waals surface area contributed by atoms with E-state index < -0.39 is 12.1 Å². The average Bonchev–Trinajstić information content (AvgIpc) is 2.80. The van der Waals surface area contributed by atoms with E-state index in [9.17, 15) is 9.90 Å². The van der Waals surface area contributed by atoms with Crippen LogP contribution in [0.3, 0.4) is 0 Å². The SMILES string of the molecule is CCO[C@@H](Cc1ccc(OCC=Cc2ccc(-c3cccc(Cl)c3Cl)cc2)cc1)C(=O)O. The van der Waals surface area contributed by atoms with E-state index in [1.54, 1.807) is 13.0 Å². The zero-order valence-electron chi connectivity index (χ0n) is 17.6. The monoisotopic (exact) mass is 470 g/mol. The number of aliphatic carboxylic acids is 1. The molecule has 0 aliphatic heterocycles. The molecule has 0 spiro atoms. The highest BCUT2D eigenvalue weighted by molar-refractivity contribution is 6.43. The largest absolute Gasteiger partial charge is 0.490 e. The molecule has 0 aromatic heterocycles. The van der Waals surface area contributed by atoms with Crippen LogP contribution in [-0.4, -0.2) is 30.4 Å². The molecule has 3 aromatic rings.